The average Bonchev–Trinajstić information content (AvgIpc) is 2.39. The molecule has 2 aromatic carbocycles. The van der Waals surface area contributed by atoms with E-state index < -0.39 is 0 Å². The maximum absolute atomic E-state index is 12.0. The minimum atomic E-state index is -0.223. The van der Waals surface area contributed by atoms with Crippen LogP contribution >= 0.6 is 0 Å². The lowest BCUT2D eigenvalue weighted by Gasteiger charge is -2.08. The molecule has 0 unspecified atom stereocenters. The molecule has 2 nitrogen and oxygen atoms in total. The number of carbonyl (C=O) groups excluding carboxylic acids is 1. The number of fused-ring (bicyclic) bond motifs is 1. The van der Waals surface area contributed by atoms with Gasteiger partial charge in [-0.2, -0.15) is 0 Å². The highest BCUT2D eigenvalue weighted by Crippen LogP contribution is 2.22. The van der Waals surface area contributed by atoms with Crippen molar-refractivity contribution in [3.63, 3.8) is 0 Å². The van der Waals surface area contributed by atoms with E-state index in [1.54, 1.807) is 0 Å². The summed E-state index contributed by atoms with van der Waals surface area (Å²) in [6, 6.07) is 11.8. The highest BCUT2D eigenvalue weighted by atomic mass is 16.5. The van der Waals surface area contributed by atoms with Crippen molar-refractivity contribution in [1.82, 2.24) is 0 Å². The van der Waals surface area contributed by atoms with Crippen molar-refractivity contribution in [3.8, 4) is 0 Å². The van der Waals surface area contributed by atoms with Crippen molar-refractivity contribution >= 4 is 16.7 Å². The van der Waals surface area contributed by atoms with Gasteiger partial charge in [0.15, 0.2) is 0 Å². The molecule has 0 aromatic heterocycles. The number of rotatable bonds is 4. The summed E-state index contributed by atoms with van der Waals surface area (Å²) in [5.41, 5.74) is 1.84. The number of ether oxygens (including phenoxy) is 1. The second kappa shape index (κ2) is 5.67. The van der Waals surface area contributed by atoms with Crippen molar-refractivity contribution in [2.45, 2.75) is 26.7 Å². The normalized spacial score (nSPS) is 10.6. The summed E-state index contributed by atoms with van der Waals surface area (Å²) in [6.07, 6.45) is 1.94. The van der Waals surface area contributed by atoms with Crippen LogP contribution in [0.4, 0.5) is 0 Å². The molecule has 0 aliphatic carbocycles. The zero-order valence-electron chi connectivity index (χ0n) is 10.9. The van der Waals surface area contributed by atoms with E-state index in [9.17, 15) is 4.79 Å². The van der Waals surface area contributed by atoms with Gasteiger partial charge in [0.25, 0.3) is 0 Å². The molecule has 0 amide bonds. The van der Waals surface area contributed by atoms with Crippen molar-refractivity contribution in [2.24, 2.45) is 0 Å². The first kappa shape index (κ1) is 12.6. The maximum atomic E-state index is 12.0. The predicted molar refractivity (Wildman–Crippen MR) is 73.9 cm³/mol. The van der Waals surface area contributed by atoms with Crippen molar-refractivity contribution in [2.75, 3.05) is 6.61 Å². The largest absolute Gasteiger partial charge is 0.462 e. The van der Waals surface area contributed by atoms with Gasteiger partial charge in [0.05, 0.1) is 12.2 Å². The number of aryl methyl sites for hydroxylation is 1. The monoisotopic (exact) mass is 242 g/mol. The van der Waals surface area contributed by atoms with E-state index in [1.807, 2.05) is 36.4 Å². The summed E-state index contributed by atoms with van der Waals surface area (Å²) in [5.74, 6) is -0.223. The van der Waals surface area contributed by atoms with E-state index in [4.69, 9.17) is 4.74 Å². The molecule has 0 radical (unpaired) electrons. The summed E-state index contributed by atoms with van der Waals surface area (Å²) in [6.45, 7) is 4.63. The van der Waals surface area contributed by atoms with Crippen LogP contribution < -0.4 is 0 Å². The van der Waals surface area contributed by atoms with E-state index in [-0.39, 0.29) is 5.97 Å². The van der Waals surface area contributed by atoms with Crippen LogP contribution in [-0.4, -0.2) is 12.6 Å². The molecule has 0 aliphatic heterocycles. The number of hydrogen-bond donors (Lipinski definition) is 0. The first-order chi connectivity index (χ1) is 8.74. The quantitative estimate of drug-likeness (QED) is 0.596. The number of hydrogen-bond acceptors (Lipinski definition) is 2. The second-order valence-electron chi connectivity index (χ2n) is 4.47. The smallest absolute Gasteiger partial charge is 0.338 e. The molecule has 2 heteroatoms. The van der Waals surface area contributed by atoms with Gasteiger partial charge in [-0.05, 0) is 35.7 Å². The molecule has 0 saturated heterocycles. The third-order valence-corrected chi connectivity index (χ3v) is 3.09. The molecule has 18 heavy (non-hydrogen) atoms. The van der Waals surface area contributed by atoms with Gasteiger partial charge in [0.1, 0.15) is 0 Å². The van der Waals surface area contributed by atoms with Gasteiger partial charge >= 0.3 is 5.97 Å². The molecule has 0 heterocycles. The molecule has 0 fully saturated rings. The standard InChI is InChI=1S/C16H18O2/c1-3-4-11-18-16(17)15-10-9-12(2)13-7-5-6-8-14(13)15/h5-10H,3-4,11H2,1-2H3. The van der Waals surface area contributed by atoms with Crippen LogP contribution in [0.5, 0.6) is 0 Å². The predicted octanol–water partition coefficient (Wildman–Crippen LogP) is 4.11. The van der Waals surface area contributed by atoms with Gasteiger partial charge in [0.2, 0.25) is 0 Å². The minimum Gasteiger partial charge on any atom is -0.462 e. The lowest BCUT2D eigenvalue weighted by Crippen LogP contribution is -2.07. The fraction of sp³-hybridized carbons (Fsp3) is 0.312. The molecule has 0 saturated carbocycles. The number of esters is 1. The highest BCUT2D eigenvalue weighted by Gasteiger charge is 2.11. The zero-order valence-corrected chi connectivity index (χ0v) is 10.9. The lowest BCUT2D eigenvalue weighted by molar-refractivity contribution is 0.0502. The van der Waals surface area contributed by atoms with Crippen molar-refractivity contribution < 1.29 is 9.53 Å². The van der Waals surface area contributed by atoms with Gasteiger partial charge in [-0.1, -0.05) is 43.7 Å². The summed E-state index contributed by atoms with van der Waals surface area (Å²) < 4.78 is 5.28. The fourth-order valence-corrected chi connectivity index (χ4v) is 2.01. The van der Waals surface area contributed by atoms with Crippen LogP contribution in [0.25, 0.3) is 10.8 Å². The molecule has 0 atom stereocenters. The Hall–Kier alpha value is -1.83. The van der Waals surface area contributed by atoms with Crippen LogP contribution in [0.2, 0.25) is 0 Å². The Morgan fingerprint density at radius 1 is 1.11 bits per heavy atom. The number of unbranched alkanes of at least 4 members (excludes halogenated alkanes) is 1. The number of carbonyl (C=O) groups is 1. The van der Waals surface area contributed by atoms with E-state index >= 15 is 0 Å². The summed E-state index contributed by atoms with van der Waals surface area (Å²) >= 11 is 0. The summed E-state index contributed by atoms with van der Waals surface area (Å²) in [4.78, 5) is 12.0. The summed E-state index contributed by atoms with van der Waals surface area (Å²) in [5, 5.41) is 2.08. The third kappa shape index (κ3) is 2.53. The van der Waals surface area contributed by atoms with E-state index in [0.29, 0.717) is 12.2 Å². The zero-order chi connectivity index (χ0) is 13.0. The Kier molecular flexibility index (Phi) is 3.98. The van der Waals surface area contributed by atoms with Gasteiger partial charge in [-0.25, -0.2) is 4.79 Å². The van der Waals surface area contributed by atoms with Crippen LogP contribution in [0.15, 0.2) is 36.4 Å². The van der Waals surface area contributed by atoms with E-state index in [1.165, 1.54) is 5.56 Å². The summed E-state index contributed by atoms with van der Waals surface area (Å²) in [7, 11) is 0. The lowest BCUT2D eigenvalue weighted by atomic mass is 10.0. The Labute approximate surface area is 108 Å². The Morgan fingerprint density at radius 3 is 2.56 bits per heavy atom. The van der Waals surface area contributed by atoms with Gasteiger partial charge in [0, 0.05) is 0 Å². The molecule has 0 aliphatic rings. The molecule has 2 rings (SSSR count). The topological polar surface area (TPSA) is 26.3 Å². The van der Waals surface area contributed by atoms with Crippen LogP contribution in [0.3, 0.4) is 0 Å². The van der Waals surface area contributed by atoms with E-state index in [2.05, 4.69) is 13.8 Å². The van der Waals surface area contributed by atoms with Gasteiger partial charge < -0.3 is 4.74 Å². The van der Waals surface area contributed by atoms with Gasteiger partial charge in [-0.3, -0.25) is 0 Å². The van der Waals surface area contributed by atoms with Crippen molar-refractivity contribution in [3.05, 3.63) is 47.5 Å². The van der Waals surface area contributed by atoms with E-state index in [0.717, 1.165) is 23.6 Å². The molecular weight excluding hydrogens is 224 g/mol. The molecule has 0 N–H and O–H groups in total. The molecule has 2 aromatic rings. The first-order valence-electron chi connectivity index (χ1n) is 6.39. The third-order valence-electron chi connectivity index (χ3n) is 3.09. The average molecular weight is 242 g/mol. The Balaban J connectivity index is 2.33. The SMILES string of the molecule is CCCCOC(=O)c1ccc(C)c2ccccc12. The van der Waals surface area contributed by atoms with Crippen LogP contribution in [0.1, 0.15) is 35.7 Å². The molecular formula is C16H18O2. The van der Waals surface area contributed by atoms with Crippen LogP contribution in [0, 0.1) is 6.92 Å². The fourth-order valence-electron chi connectivity index (χ4n) is 2.01. The van der Waals surface area contributed by atoms with Crippen molar-refractivity contribution in [1.29, 1.82) is 0 Å². The van der Waals surface area contributed by atoms with Gasteiger partial charge in [-0.15, -0.1) is 0 Å². The molecule has 94 valence electrons. The maximum Gasteiger partial charge on any atom is 0.338 e. The molecule has 0 bridgehead atoms. The first-order valence-corrected chi connectivity index (χ1v) is 6.39. The minimum absolute atomic E-state index is 0.223. The molecule has 0 spiro atoms. The number of benzene rings is 2. The highest BCUT2D eigenvalue weighted by molar-refractivity contribution is 6.05. The van der Waals surface area contributed by atoms with Crippen LogP contribution in [-0.2, 0) is 4.74 Å². The Morgan fingerprint density at radius 2 is 1.83 bits per heavy atom. The second-order valence-corrected chi connectivity index (χ2v) is 4.47. The Bertz CT molecular complexity index is 558.